The van der Waals surface area contributed by atoms with Crippen LogP contribution in [0, 0.1) is 0 Å². The van der Waals surface area contributed by atoms with E-state index in [0.717, 1.165) is 15.8 Å². The summed E-state index contributed by atoms with van der Waals surface area (Å²) in [6, 6.07) is 12.3. The number of hydrogen-bond donors (Lipinski definition) is 1. The van der Waals surface area contributed by atoms with Crippen molar-refractivity contribution in [3.05, 3.63) is 52.2 Å². The summed E-state index contributed by atoms with van der Waals surface area (Å²) in [4.78, 5) is 17.8. The molecule has 6 heteroatoms. The average molecular weight is 349 g/mol. The van der Waals surface area contributed by atoms with Gasteiger partial charge in [0.2, 0.25) is 5.91 Å². The van der Waals surface area contributed by atoms with Gasteiger partial charge in [-0.3, -0.25) is 4.79 Å². The van der Waals surface area contributed by atoms with E-state index in [1.54, 1.807) is 23.1 Å². The molecular weight excluding hydrogens is 332 g/mol. The summed E-state index contributed by atoms with van der Waals surface area (Å²) >= 11 is 4.87. The first-order valence-corrected chi connectivity index (χ1v) is 9.82. The minimum absolute atomic E-state index is 0.0491. The third kappa shape index (κ3) is 3.94. The molecule has 2 heterocycles. The second-order valence-corrected chi connectivity index (χ2v) is 8.05. The van der Waals surface area contributed by atoms with E-state index in [-0.39, 0.29) is 11.9 Å². The van der Waals surface area contributed by atoms with E-state index in [2.05, 4.69) is 16.4 Å². The molecule has 1 aromatic heterocycles. The molecule has 1 N–H and O–H groups in total. The summed E-state index contributed by atoms with van der Waals surface area (Å²) in [5.74, 6) is 1.38. The van der Waals surface area contributed by atoms with Crippen LogP contribution in [-0.4, -0.2) is 16.0 Å². The van der Waals surface area contributed by atoms with Gasteiger partial charge in [0.05, 0.1) is 17.5 Å². The minimum Gasteiger partial charge on any atom is -0.348 e. The number of thioether (sulfide) groups is 2. The van der Waals surface area contributed by atoms with Crippen molar-refractivity contribution in [2.24, 2.45) is 4.99 Å². The Morgan fingerprint density at radius 1 is 1.36 bits per heavy atom. The van der Waals surface area contributed by atoms with Crippen molar-refractivity contribution in [2.75, 3.05) is 5.75 Å². The molecule has 1 amide bonds. The maximum atomic E-state index is 12.0. The summed E-state index contributed by atoms with van der Waals surface area (Å²) in [6.45, 7) is 2.01. The predicted octanol–water partition coefficient (Wildman–Crippen LogP) is 4.59. The lowest BCUT2D eigenvalue weighted by molar-refractivity contribution is -0.119. The largest absolute Gasteiger partial charge is 0.348 e. The van der Waals surface area contributed by atoms with Crippen molar-refractivity contribution in [1.82, 2.24) is 5.32 Å². The van der Waals surface area contributed by atoms with Crippen LogP contribution >= 0.6 is 34.9 Å². The van der Waals surface area contributed by atoms with Crippen LogP contribution < -0.4 is 5.32 Å². The number of thiophene rings is 1. The highest BCUT2D eigenvalue weighted by Gasteiger charge is 2.15. The van der Waals surface area contributed by atoms with E-state index in [4.69, 9.17) is 0 Å². The Balaban J connectivity index is 1.53. The lowest BCUT2D eigenvalue weighted by Crippen LogP contribution is -2.28. The number of nitrogens with one attached hydrogen (secondary N) is 1. The van der Waals surface area contributed by atoms with Gasteiger partial charge in [0.15, 0.2) is 0 Å². The first kappa shape index (κ1) is 15.6. The van der Waals surface area contributed by atoms with Crippen LogP contribution in [0.15, 0.2) is 46.8 Å². The fraction of sp³-hybridized carbons (Fsp3) is 0.250. The Morgan fingerprint density at radius 3 is 3.05 bits per heavy atom. The van der Waals surface area contributed by atoms with Crippen LogP contribution in [0.1, 0.15) is 23.4 Å². The molecule has 0 radical (unpaired) electrons. The van der Waals surface area contributed by atoms with Gasteiger partial charge in [0.1, 0.15) is 4.38 Å². The fourth-order valence-corrected chi connectivity index (χ4v) is 4.71. The monoisotopic (exact) mass is 348 g/mol. The number of aliphatic imine (C=N–C) groups is 1. The molecule has 0 saturated heterocycles. The van der Waals surface area contributed by atoms with Crippen LogP contribution in [0.5, 0.6) is 0 Å². The van der Waals surface area contributed by atoms with Gasteiger partial charge in [-0.1, -0.05) is 47.8 Å². The van der Waals surface area contributed by atoms with Gasteiger partial charge in [-0.25, -0.2) is 4.99 Å². The molecule has 1 aliphatic rings. The molecule has 1 unspecified atom stereocenters. The van der Waals surface area contributed by atoms with Gasteiger partial charge in [-0.2, -0.15) is 0 Å². The van der Waals surface area contributed by atoms with Gasteiger partial charge in [0, 0.05) is 10.6 Å². The fourth-order valence-electron chi connectivity index (χ4n) is 2.11. The molecule has 1 aromatic carbocycles. The second-order valence-electron chi connectivity index (χ2n) is 4.89. The SMILES string of the molecule is CC(NC(=O)CSC1=Nc2ccccc2CS1)c1cccs1. The predicted molar refractivity (Wildman–Crippen MR) is 98.2 cm³/mol. The molecule has 114 valence electrons. The standard InChI is InChI=1S/C16H16N2OS3/c1-11(14-7-4-8-20-14)17-15(19)10-22-16-18-13-6-3-2-5-12(13)9-21-16/h2-8,11H,9-10H2,1H3,(H,17,19). The molecule has 22 heavy (non-hydrogen) atoms. The molecule has 2 aromatic rings. The van der Waals surface area contributed by atoms with E-state index >= 15 is 0 Å². The zero-order chi connectivity index (χ0) is 15.4. The number of hydrogen-bond acceptors (Lipinski definition) is 5. The summed E-state index contributed by atoms with van der Waals surface area (Å²) in [5, 5.41) is 5.05. The first-order chi connectivity index (χ1) is 10.7. The number of carbonyl (C=O) groups excluding carboxylic acids is 1. The maximum Gasteiger partial charge on any atom is 0.230 e. The Labute approximate surface area is 142 Å². The highest BCUT2D eigenvalue weighted by atomic mass is 32.2. The number of fused-ring (bicyclic) bond motifs is 1. The number of para-hydroxylation sites is 1. The lowest BCUT2D eigenvalue weighted by Gasteiger charge is -2.15. The zero-order valence-electron chi connectivity index (χ0n) is 12.1. The number of rotatable bonds is 4. The van der Waals surface area contributed by atoms with E-state index in [0.29, 0.717) is 5.75 Å². The van der Waals surface area contributed by atoms with Crippen LogP contribution in [0.4, 0.5) is 5.69 Å². The van der Waals surface area contributed by atoms with Crippen molar-refractivity contribution < 1.29 is 4.79 Å². The molecule has 0 bridgehead atoms. The Bertz CT molecular complexity index is 682. The zero-order valence-corrected chi connectivity index (χ0v) is 14.6. The molecule has 0 saturated carbocycles. The van der Waals surface area contributed by atoms with Gasteiger partial charge < -0.3 is 5.32 Å². The first-order valence-electron chi connectivity index (χ1n) is 6.97. The molecule has 1 aliphatic heterocycles. The number of amides is 1. The van der Waals surface area contributed by atoms with Crippen molar-refractivity contribution in [1.29, 1.82) is 0 Å². The highest BCUT2D eigenvalue weighted by molar-refractivity contribution is 8.38. The average Bonchev–Trinajstić information content (AvgIpc) is 3.07. The van der Waals surface area contributed by atoms with Crippen molar-refractivity contribution >= 4 is 50.8 Å². The van der Waals surface area contributed by atoms with E-state index in [9.17, 15) is 4.79 Å². The summed E-state index contributed by atoms with van der Waals surface area (Å²) in [7, 11) is 0. The summed E-state index contributed by atoms with van der Waals surface area (Å²) < 4.78 is 0.970. The number of carbonyl (C=O) groups is 1. The van der Waals surface area contributed by atoms with Gasteiger partial charge in [-0.05, 0) is 30.0 Å². The van der Waals surface area contributed by atoms with Gasteiger partial charge in [-0.15, -0.1) is 11.3 Å². The third-order valence-corrected chi connectivity index (χ3v) is 6.53. The number of benzene rings is 1. The molecule has 0 aliphatic carbocycles. The summed E-state index contributed by atoms with van der Waals surface area (Å²) in [5.41, 5.74) is 2.28. The smallest absolute Gasteiger partial charge is 0.230 e. The van der Waals surface area contributed by atoms with Crippen molar-refractivity contribution in [3.8, 4) is 0 Å². The van der Waals surface area contributed by atoms with E-state index in [1.807, 2.05) is 42.6 Å². The molecule has 1 atom stereocenters. The maximum absolute atomic E-state index is 12.0. The van der Waals surface area contributed by atoms with Crippen LogP contribution in [-0.2, 0) is 10.5 Å². The Kier molecular flexibility index (Phi) is 5.23. The Morgan fingerprint density at radius 2 is 2.23 bits per heavy atom. The van der Waals surface area contributed by atoms with Crippen molar-refractivity contribution in [2.45, 2.75) is 18.7 Å². The molecule has 0 fully saturated rings. The lowest BCUT2D eigenvalue weighted by atomic mass is 10.2. The Hall–Kier alpha value is -1.24. The summed E-state index contributed by atoms with van der Waals surface area (Å²) in [6.07, 6.45) is 0. The topological polar surface area (TPSA) is 41.5 Å². The molecular formula is C16H16N2OS3. The normalized spacial score (nSPS) is 14.9. The van der Waals surface area contributed by atoms with E-state index in [1.165, 1.54) is 22.2 Å². The van der Waals surface area contributed by atoms with Crippen LogP contribution in [0.25, 0.3) is 0 Å². The molecule has 3 rings (SSSR count). The second kappa shape index (κ2) is 7.35. The highest BCUT2D eigenvalue weighted by Crippen LogP contribution is 2.34. The quantitative estimate of drug-likeness (QED) is 0.878. The molecule has 3 nitrogen and oxygen atoms in total. The third-order valence-electron chi connectivity index (χ3n) is 3.23. The van der Waals surface area contributed by atoms with Crippen LogP contribution in [0.3, 0.4) is 0 Å². The number of nitrogens with zero attached hydrogens (tertiary/aromatic N) is 1. The van der Waals surface area contributed by atoms with Gasteiger partial charge >= 0.3 is 0 Å². The van der Waals surface area contributed by atoms with Gasteiger partial charge in [0.25, 0.3) is 0 Å². The molecule has 0 spiro atoms. The van der Waals surface area contributed by atoms with E-state index < -0.39 is 0 Å². The van der Waals surface area contributed by atoms with Crippen molar-refractivity contribution in [3.63, 3.8) is 0 Å². The van der Waals surface area contributed by atoms with Crippen LogP contribution in [0.2, 0.25) is 0 Å². The minimum atomic E-state index is 0.0491.